The minimum Gasteiger partial charge on any atom is -0.477 e. The van der Waals surface area contributed by atoms with E-state index in [9.17, 15) is 4.79 Å². The molecule has 26 heavy (non-hydrogen) atoms. The van der Waals surface area contributed by atoms with E-state index in [4.69, 9.17) is 9.47 Å². The second-order valence-corrected chi connectivity index (χ2v) is 7.58. The molecule has 1 amide bonds. The monoisotopic (exact) mass is 357 g/mol. The maximum Gasteiger partial charge on any atom is 0.222 e. The number of hydrogen-bond acceptors (Lipinski definition) is 4. The molecule has 140 valence electrons. The number of aromatic nitrogens is 2. The summed E-state index contributed by atoms with van der Waals surface area (Å²) in [4.78, 5) is 15.2. The lowest BCUT2D eigenvalue weighted by atomic mass is 9.83. The molecular formula is C20H27N3O3. The average Bonchev–Trinajstić information content (AvgIpc) is 3.31. The fourth-order valence-electron chi connectivity index (χ4n) is 3.55. The van der Waals surface area contributed by atoms with Gasteiger partial charge in [0.1, 0.15) is 0 Å². The summed E-state index contributed by atoms with van der Waals surface area (Å²) >= 11 is 0. The minimum atomic E-state index is -0.0128. The normalized spacial score (nSPS) is 22.2. The van der Waals surface area contributed by atoms with Gasteiger partial charge in [-0.1, -0.05) is 0 Å². The molecule has 0 aliphatic heterocycles. The SMILES string of the molecule is CC(=O)NCCOC1CC(COc2nccc3c2ccn3CC2CC2)C1. The number of nitrogens with one attached hydrogen (secondary N) is 1. The number of fused-ring (bicyclic) bond motifs is 1. The lowest BCUT2D eigenvalue weighted by Crippen LogP contribution is -2.37. The van der Waals surface area contributed by atoms with Gasteiger partial charge in [-0.25, -0.2) is 4.98 Å². The minimum absolute atomic E-state index is 0.0128. The van der Waals surface area contributed by atoms with Gasteiger partial charge in [-0.15, -0.1) is 0 Å². The fourth-order valence-corrected chi connectivity index (χ4v) is 3.55. The maximum atomic E-state index is 10.8. The first kappa shape index (κ1) is 17.3. The third-order valence-corrected chi connectivity index (χ3v) is 5.29. The number of rotatable bonds is 9. The van der Waals surface area contributed by atoms with Crippen LogP contribution in [0, 0.1) is 11.8 Å². The molecule has 2 aliphatic rings. The number of ether oxygens (including phenoxy) is 2. The van der Waals surface area contributed by atoms with Crippen molar-refractivity contribution < 1.29 is 14.3 Å². The van der Waals surface area contributed by atoms with E-state index < -0.39 is 0 Å². The third-order valence-electron chi connectivity index (χ3n) is 5.29. The van der Waals surface area contributed by atoms with Crippen LogP contribution in [0.2, 0.25) is 0 Å². The van der Waals surface area contributed by atoms with Gasteiger partial charge >= 0.3 is 0 Å². The van der Waals surface area contributed by atoms with Gasteiger partial charge in [-0.3, -0.25) is 4.79 Å². The molecule has 2 heterocycles. The number of nitrogens with zero attached hydrogens (tertiary/aromatic N) is 2. The highest BCUT2D eigenvalue weighted by Gasteiger charge is 2.30. The van der Waals surface area contributed by atoms with Crippen molar-refractivity contribution in [1.82, 2.24) is 14.9 Å². The summed E-state index contributed by atoms with van der Waals surface area (Å²) in [6, 6.07) is 4.20. The Balaban J connectivity index is 1.23. The van der Waals surface area contributed by atoms with Crippen molar-refractivity contribution in [3.05, 3.63) is 24.5 Å². The first-order valence-electron chi connectivity index (χ1n) is 9.61. The topological polar surface area (TPSA) is 65.4 Å². The first-order valence-corrected chi connectivity index (χ1v) is 9.61. The van der Waals surface area contributed by atoms with E-state index >= 15 is 0 Å². The van der Waals surface area contributed by atoms with E-state index in [-0.39, 0.29) is 5.91 Å². The second-order valence-electron chi connectivity index (χ2n) is 7.58. The molecular weight excluding hydrogens is 330 g/mol. The predicted octanol–water partition coefficient (Wildman–Crippen LogP) is 2.76. The molecule has 4 rings (SSSR count). The Labute approximate surface area is 153 Å². The van der Waals surface area contributed by atoms with Gasteiger partial charge in [-0.05, 0) is 49.7 Å². The molecule has 2 saturated carbocycles. The Morgan fingerprint density at radius 1 is 1.31 bits per heavy atom. The van der Waals surface area contributed by atoms with Crippen molar-refractivity contribution in [2.75, 3.05) is 19.8 Å². The molecule has 0 saturated heterocycles. The summed E-state index contributed by atoms with van der Waals surface area (Å²) in [7, 11) is 0. The zero-order valence-electron chi connectivity index (χ0n) is 15.3. The van der Waals surface area contributed by atoms with Crippen LogP contribution in [0.3, 0.4) is 0 Å². The van der Waals surface area contributed by atoms with Crippen LogP contribution in [-0.2, 0) is 16.1 Å². The molecule has 2 aromatic rings. The summed E-state index contributed by atoms with van der Waals surface area (Å²) in [5.74, 6) is 2.10. The number of carbonyl (C=O) groups is 1. The highest BCUT2D eigenvalue weighted by molar-refractivity contribution is 5.84. The molecule has 2 aliphatic carbocycles. The molecule has 2 aromatic heterocycles. The summed E-state index contributed by atoms with van der Waals surface area (Å²) in [5.41, 5.74) is 1.22. The fraction of sp³-hybridized carbons (Fsp3) is 0.600. The molecule has 0 unspecified atom stereocenters. The summed E-state index contributed by atoms with van der Waals surface area (Å²) in [5, 5.41) is 3.85. The van der Waals surface area contributed by atoms with Crippen LogP contribution in [0.1, 0.15) is 32.6 Å². The third kappa shape index (κ3) is 4.18. The Bertz CT molecular complexity index is 763. The van der Waals surface area contributed by atoms with Crippen molar-refractivity contribution in [3.63, 3.8) is 0 Å². The largest absolute Gasteiger partial charge is 0.477 e. The Morgan fingerprint density at radius 3 is 2.92 bits per heavy atom. The maximum absolute atomic E-state index is 10.8. The quantitative estimate of drug-likeness (QED) is 0.701. The van der Waals surface area contributed by atoms with Gasteiger partial charge in [0.2, 0.25) is 11.8 Å². The van der Waals surface area contributed by atoms with Gasteiger partial charge in [0.15, 0.2) is 0 Å². The van der Waals surface area contributed by atoms with Gasteiger partial charge in [-0.2, -0.15) is 0 Å². The number of amides is 1. The van der Waals surface area contributed by atoms with Crippen molar-refractivity contribution in [3.8, 4) is 5.88 Å². The van der Waals surface area contributed by atoms with Crippen molar-refractivity contribution >= 4 is 16.8 Å². The summed E-state index contributed by atoms with van der Waals surface area (Å²) in [6.45, 7) is 4.47. The van der Waals surface area contributed by atoms with Crippen molar-refractivity contribution in [2.24, 2.45) is 11.8 Å². The molecule has 0 spiro atoms. The number of pyridine rings is 1. The van der Waals surface area contributed by atoms with Crippen LogP contribution in [0.15, 0.2) is 24.5 Å². The highest BCUT2D eigenvalue weighted by Crippen LogP contribution is 2.34. The standard InChI is InChI=1S/C20H27N3O3/c1-14(24)21-7-9-25-17-10-16(11-17)13-26-20-18-5-8-23(12-15-2-3-15)19(18)4-6-22-20/h4-6,8,15-17H,2-3,7,9-13H2,1H3,(H,21,24). The Morgan fingerprint density at radius 2 is 2.15 bits per heavy atom. The van der Waals surface area contributed by atoms with E-state index in [1.165, 1.54) is 25.3 Å². The second kappa shape index (κ2) is 7.66. The summed E-state index contributed by atoms with van der Waals surface area (Å²) in [6.07, 6.45) is 9.02. The predicted molar refractivity (Wildman–Crippen MR) is 99.1 cm³/mol. The van der Waals surface area contributed by atoms with Crippen LogP contribution in [0.5, 0.6) is 5.88 Å². The molecule has 0 bridgehead atoms. The van der Waals surface area contributed by atoms with Crippen LogP contribution >= 0.6 is 0 Å². The van der Waals surface area contributed by atoms with Gasteiger partial charge < -0.3 is 19.4 Å². The molecule has 0 atom stereocenters. The zero-order valence-corrected chi connectivity index (χ0v) is 15.3. The van der Waals surface area contributed by atoms with E-state index in [0.29, 0.717) is 31.8 Å². The lowest BCUT2D eigenvalue weighted by Gasteiger charge is -2.34. The molecule has 6 nitrogen and oxygen atoms in total. The molecule has 0 radical (unpaired) electrons. The van der Waals surface area contributed by atoms with Gasteiger partial charge in [0, 0.05) is 32.4 Å². The van der Waals surface area contributed by atoms with E-state index in [0.717, 1.165) is 36.6 Å². The van der Waals surface area contributed by atoms with Gasteiger partial charge in [0.05, 0.1) is 30.2 Å². The smallest absolute Gasteiger partial charge is 0.222 e. The molecule has 0 aromatic carbocycles. The van der Waals surface area contributed by atoms with Gasteiger partial charge in [0.25, 0.3) is 0 Å². The van der Waals surface area contributed by atoms with Crippen molar-refractivity contribution in [1.29, 1.82) is 0 Å². The van der Waals surface area contributed by atoms with Crippen LogP contribution < -0.4 is 10.1 Å². The Kier molecular flexibility index (Phi) is 5.11. The average molecular weight is 357 g/mol. The molecule has 1 N–H and O–H groups in total. The van der Waals surface area contributed by atoms with Crippen LogP contribution in [-0.4, -0.2) is 41.3 Å². The Hall–Kier alpha value is -2.08. The zero-order chi connectivity index (χ0) is 17.9. The highest BCUT2D eigenvalue weighted by atomic mass is 16.5. The van der Waals surface area contributed by atoms with E-state index in [1.54, 1.807) is 0 Å². The molecule has 2 fully saturated rings. The number of hydrogen-bond donors (Lipinski definition) is 1. The first-order chi connectivity index (χ1) is 12.7. The van der Waals surface area contributed by atoms with E-state index in [1.807, 2.05) is 6.20 Å². The van der Waals surface area contributed by atoms with Crippen LogP contribution in [0.4, 0.5) is 0 Å². The van der Waals surface area contributed by atoms with Crippen LogP contribution in [0.25, 0.3) is 10.9 Å². The van der Waals surface area contributed by atoms with Crippen molar-refractivity contribution in [2.45, 2.75) is 45.3 Å². The summed E-state index contributed by atoms with van der Waals surface area (Å²) < 4.78 is 14.1. The molecule has 6 heteroatoms. The number of carbonyl (C=O) groups excluding carboxylic acids is 1. The lowest BCUT2D eigenvalue weighted by molar-refractivity contribution is -0.119. The van der Waals surface area contributed by atoms with E-state index in [2.05, 4.69) is 33.2 Å².